The van der Waals surface area contributed by atoms with Crippen LogP contribution in [-0.2, 0) is 0 Å². The molecule has 4 heterocycles. The third-order valence-corrected chi connectivity index (χ3v) is 5.59. The molecule has 2 N–H and O–H groups in total. The van der Waals surface area contributed by atoms with E-state index in [2.05, 4.69) is 9.97 Å². The van der Waals surface area contributed by atoms with Crippen LogP contribution in [0.5, 0.6) is 23.0 Å². The van der Waals surface area contributed by atoms with Crippen molar-refractivity contribution in [2.24, 2.45) is 0 Å². The minimum absolute atomic E-state index is 0.289. The number of pyridine rings is 2. The second-order valence-corrected chi connectivity index (χ2v) is 8.01. The van der Waals surface area contributed by atoms with Gasteiger partial charge in [0, 0.05) is 43.3 Å². The van der Waals surface area contributed by atoms with Crippen molar-refractivity contribution in [2.75, 3.05) is 13.6 Å². The van der Waals surface area contributed by atoms with Gasteiger partial charge in [0.2, 0.25) is 13.6 Å². The summed E-state index contributed by atoms with van der Waals surface area (Å²) in [5.41, 5.74) is 4.08. The summed E-state index contributed by atoms with van der Waals surface area (Å²) in [5, 5.41) is 2.00. The van der Waals surface area contributed by atoms with E-state index in [-0.39, 0.29) is 13.6 Å². The lowest BCUT2D eigenvalue weighted by atomic mass is 10.2. The summed E-state index contributed by atoms with van der Waals surface area (Å²) >= 11 is 10.6. The number of aromatic nitrogens is 2. The number of hydrogen-bond acceptors (Lipinski definition) is 6. The van der Waals surface area contributed by atoms with Crippen molar-refractivity contribution in [1.29, 1.82) is 0 Å². The maximum absolute atomic E-state index is 5.31. The molecule has 8 heteroatoms. The Bertz CT molecular complexity index is 1320. The highest BCUT2D eigenvalue weighted by atomic mass is 32.1. The van der Waals surface area contributed by atoms with Gasteiger partial charge in [0.05, 0.1) is 11.0 Å². The average molecular weight is 439 g/mol. The zero-order chi connectivity index (χ0) is 20.8. The second kappa shape index (κ2) is 7.30. The van der Waals surface area contributed by atoms with E-state index in [4.69, 9.17) is 43.4 Å². The van der Waals surface area contributed by atoms with Crippen molar-refractivity contribution >= 4 is 46.2 Å². The van der Waals surface area contributed by atoms with Crippen LogP contribution in [0.4, 0.5) is 0 Å². The van der Waals surface area contributed by atoms with Gasteiger partial charge in [-0.15, -0.1) is 0 Å². The van der Waals surface area contributed by atoms with Crippen LogP contribution in [-0.4, -0.2) is 23.6 Å². The van der Waals surface area contributed by atoms with Crippen LogP contribution < -0.4 is 18.9 Å². The highest BCUT2D eigenvalue weighted by molar-refractivity contribution is 7.72. The first-order valence-corrected chi connectivity index (χ1v) is 10.2. The molecule has 152 valence electrons. The molecule has 4 aromatic rings. The van der Waals surface area contributed by atoms with Gasteiger partial charge < -0.3 is 28.9 Å². The lowest BCUT2D eigenvalue weighted by Gasteiger charge is -2.03. The number of fused-ring (bicyclic) bond motifs is 4. The Morgan fingerprint density at radius 1 is 0.600 bits per heavy atom. The Balaban J connectivity index is 0.000000128. The van der Waals surface area contributed by atoms with Crippen LogP contribution in [0, 0.1) is 22.9 Å². The minimum atomic E-state index is 0.289. The van der Waals surface area contributed by atoms with E-state index in [1.807, 2.05) is 50.2 Å². The van der Waals surface area contributed by atoms with Gasteiger partial charge in [0.25, 0.3) is 0 Å². The van der Waals surface area contributed by atoms with Crippen molar-refractivity contribution < 1.29 is 18.9 Å². The molecule has 0 saturated carbocycles. The largest absolute Gasteiger partial charge is 0.454 e. The second-order valence-electron chi connectivity index (χ2n) is 7.14. The Morgan fingerprint density at radius 2 is 0.967 bits per heavy atom. The van der Waals surface area contributed by atoms with Gasteiger partial charge in [-0.2, -0.15) is 0 Å². The SMILES string of the molecule is Cc1cc(=S)c2cc3c(cc2[nH]1)OCO3.Cc1cc(=S)c2cc3c(cc2[nH]1)OCO3. The molecule has 6 nitrogen and oxygen atoms in total. The summed E-state index contributed by atoms with van der Waals surface area (Å²) in [6, 6.07) is 11.6. The summed E-state index contributed by atoms with van der Waals surface area (Å²) in [6.07, 6.45) is 0. The van der Waals surface area contributed by atoms with Crippen LogP contribution in [0.3, 0.4) is 0 Å². The maximum Gasteiger partial charge on any atom is 0.231 e. The van der Waals surface area contributed by atoms with E-state index >= 15 is 0 Å². The maximum atomic E-state index is 5.31. The molecular weight excluding hydrogens is 420 g/mol. The summed E-state index contributed by atoms with van der Waals surface area (Å²) in [5.74, 6) is 3.09. The van der Waals surface area contributed by atoms with E-state index in [0.717, 1.165) is 65.2 Å². The van der Waals surface area contributed by atoms with Crippen LogP contribution in [0.1, 0.15) is 11.4 Å². The first kappa shape index (κ1) is 18.9. The first-order chi connectivity index (χ1) is 14.5. The van der Waals surface area contributed by atoms with Gasteiger partial charge in [0.1, 0.15) is 0 Å². The molecule has 2 aromatic heterocycles. The van der Waals surface area contributed by atoms with Crippen molar-refractivity contribution in [3.63, 3.8) is 0 Å². The zero-order valence-corrected chi connectivity index (χ0v) is 18.0. The van der Waals surface area contributed by atoms with E-state index < -0.39 is 0 Å². The Kier molecular flexibility index (Phi) is 4.60. The molecule has 30 heavy (non-hydrogen) atoms. The topological polar surface area (TPSA) is 68.5 Å². The van der Waals surface area contributed by atoms with E-state index in [9.17, 15) is 0 Å². The van der Waals surface area contributed by atoms with E-state index in [1.165, 1.54) is 0 Å². The molecule has 6 rings (SSSR count). The number of nitrogens with one attached hydrogen (secondary N) is 2. The van der Waals surface area contributed by atoms with Crippen molar-refractivity contribution in [3.8, 4) is 23.0 Å². The number of ether oxygens (including phenoxy) is 4. The fraction of sp³-hybridized carbons (Fsp3) is 0.182. The zero-order valence-electron chi connectivity index (χ0n) is 16.3. The fourth-order valence-corrected chi connectivity index (χ4v) is 4.24. The summed E-state index contributed by atoms with van der Waals surface area (Å²) in [4.78, 5) is 6.52. The number of aromatic amines is 2. The Morgan fingerprint density at radius 3 is 1.37 bits per heavy atom. The number of hydrogen-bond donors (Lipinski definition) is 2. The number of rotatable bonds is 0. The molecule has 0 aliphatic carbocycles. The molecule has 2 aliphatic heterocycles. The predicted molar refractivity (Wildman–Crippen MR) is 120 cm³/mol. The van der Waals surface area contributed by atoms with Crippen LogP contribution in [0.25, 0.3) is 21.8 Å². The van der Waals surface area contributed by atoms with E-state index in [0.29, 0.717) is 0 Å². The predicted octanol–water partition coefficient (Wildman–Crippen LogP) is 5.87. The highest BCUT2D eigenvalue weighted by Crippen LogP contribution is 2.36. The molecule has 0 spiro atoms. The van der Waals surface area contributed by atoms with Gasteiger partial charge in [-0.05, 0) is 38.1 Å². The van der Waals surface area contributed by atoms with Gasteiger partial charge in [-0.3, -0.25) is 0 Å². The lowest BCUT2D eigenvalue weighted by Crippen LogP contribution is -1.92. The highest BCUT2D eigenvalue weighted by Gasteiger charge is 2.15. The third-order valence-electron chi connectivity index (χ3n) is 4.92. The summed E-state index contributed by atoms with van der Waals surface area (Å²) < 4.78 is 22.9. The van der Waals surface area contributed by atoms with E-state index in [1.54, 1.807) is 0 Å². The van der Waals surface area contributed by atoms with Crippen molar-refractivity contribution in [2.45, 2.75) is 13.8 Å². The summed E-state index contributed by atoms with van der Waals surface area (Å²) in [6.45, 7) is 4.55. The Labute approximate surface area is 182 Å². The molecule has 0 radical (unpaired) electrons. The molecule has 2 aliphatic rings. The van der Waals surface area contributed by atoms with Gasteiger partial charge >= 0.3 is 0 Å². The van der Waals surface area contributed by atoms with Crippen LogP contribution in [0.2, 0.25) is 0 Å². The van der Waals surface area contributed by atoms with Gasteiger partial charge in [0.15, 0.2) is 23.0 Å². The third kappa shape index (κ3) is 3.38. The van der Waals surface area contributed by atoms with Gasteiger partial charge in [-0.25, -0.2) is 0 Å². The van der Waals surface area contributed by atoms with Crippen molar-refractivity contribution in [1.82, 2.24) is 9.97 Å². The molecule has 0 atom stereocenters. The molecular formula is C22H18N2O4S2. The quantitative estimate of drug-likeness (QED) is 0.335. The van der Waals surface area contributed by atoms with Crippen molar-refractivity contribution in [3.05, 3.63) is 56.8 Å². The Hall–Kier alpha value is -3.10. The van der Waals surface area contributed by atoms with Crippen LogP contribution in [0.15, 0.2) is 36.4 Å². The van der Waals surface area contributed by atoms with Gasteiger partial charge in [-0.1, -0.05) is 24.4 Å². The lowest BCUT2D eigenvalue weighted by molar-refractivity contribution is 0.173. The molecule has 0 amide bonds. The molecule has 0 fully saturated rings. The fourth-order valence-electron chi connectivity index (χ4n) is 3.54. The number of H-pyrrole nitrogens is 2. The molecule has 2 aromatic carbocycles. The molecule has 0 unspecified atom stereocenters. The normalized spacial score (nSPS) is 13.4. The standard InChI is InChI=1S/2C11H9NO2S/c2*1-6-2-11(15)7-3-9-10(14-5-13-9)4-8(7)12-6/h2*2-4H,5H2,1H3,(H,12,15). The minimum Gasteiger partial charge on any atom is -0.454 e. The van der Waals surface area contributed by atoms with Crippen LogP contribution >= 0.6 is 24.4 Å². The first-order valence-electron chi connectivity index (χ1n) is 9.34. The average Bonchev–Trinajstić information content (AvgIpc) is 3.33. The number of aryl methyl sites for hydroxylation is 2. The summed E-state index contributed by atoms with van der Waals surface area (Å²) in [7, 11) is 0. The number of benzene rings is 2. The smallest absolute Gasteiger partial charge is 0.231 e. The molecule has 0 saturated heterocycles. The monoisotopic (exact) mass is 438 g/mol. The molecule has 0 bridgehead atoms.